The van der Waals surface area contributed by atoms with Gasteiger partial charge in [0.2, 0.25) is 0 Å². The van der Waals surface area contributed by atoms with E-state index in [1.807, 2.05) is 58.3 Å². The smallest absolute Gasteiger partial charge is 0.358 e. The van der Waals surface area contributed by atoms with Gasteiger partial charge < -0.3 is 14.1 Å². The van der Waals surface area contributed by atoms with E-state index in [1.54, 1.807) is 29.9 Å². The first-order valence-corrected chi connectivity index (χ1v) is 27.1. The van der Waals surface area contributed by atoms with Crippen molar-refractivity contribution in [2.45, 2.75) is 78.2 Å². The molecule has 4 aromatic carbocycles. The van der Waals surface area contributed by atoms with Crippen molar-refractivity contribution in [1.82, 2.24) is 9.30 Å². The van der Waals surface area contributed by atoms with Crippen LogP contribution in [0.25, 0.3) is 93.8 Å². The second-order valence-corrected chi connectivity index (χ2v) is 22.2. The minimum Gasteiger partial charge on any atom is -0.462 e. The number of nitrogens with zero attached hydrogens (tertiary/aromatic N) is 2. The van der Waals surface area contributed by atoms with Crippen LogP contribution in [0.15, 0.2) is 158 Å². The first-order valence-electron chi connectivity index (χ1n) is 23.9. The maximum absolute atomic E-state index is 12.5. The Hall–Kier alpha value is -6.30. The summed E-state index contributed by atoms with van der Waals surface area (Å²) in [7, 11) is 0. The normalized spacial score (nSPS) is 11.6. The number of esters is 1. The van der Waals surface area contributed by atoms with Gasteiger partial charge in [0.1, 0.15) is 0 Å². The first-order chi connectivity index (χ1) is 33.7. The molecular weight excluding hydrogens is 929 g/mol. The molecule has 0 aliphatic rings. The first kappa shape index (κ1) is 46.4. The van der Waals surface area contributed by atoms with E-state index in [2.05, 4.69) is 127 Å². The zero-order valence-electron chi connectivity index (χ0n) is 39.1. The van der Waals surface area contributed by atoms with E-state index in [0.29, 0.717) is 17.8 Å². The van der Waals surface area contributed by atoms with Gasteiger partial charge in [-0.3, -0.25) is 0 Å². The van der Waals surface area contributed by atoms with Crippen LogP contribution in [0.5, 0.6) is 0 Å². The molecule has 0 aliphatic heterocycles. The van der Waals surface area contributed by atoms with E-state index in [0.717, 1.165) is 46.8 Å². The van der Waals surface area contributed by atoms with Crippen LogP contribution in [0.3, 0.4) is 0 Å². The van der Waals surface area contributed by atoms with Crippen molar-refractivity contribution in [3.05, 3.63) is 158 Å². The average molecular weight is 983 g/mol. The third-order valence-electron chi connectivity index (χ3n) is 12.8. The number of benzene rings is 4. The van der Waals surface area contributed by atoms with Crippen LogP contribution in [0.1, 0.15) is 71.6 Å². The number of carbonyl (C=O) groups is 2. The van der Waals surface area contributed by atoms with Gasteiger partial charge in [-0.2, -0.15) is 4.73 Å². The summed E-state index contributed by atoms with van der Waals surface area (Å²) >= 11 is 7.37. The summed E-state index contributed by atoms with van der Waals surface area (Å²) in [6.45, 7) is 12.3. The molecule has 0 saturated heterocycles. The van der Waals surface area contributed by atoms with Gasteiger partial charge in [0, 0.05) is 89.3 Å². The molecule has 6 aromatic heterocycles. The van der Waals surface area contributed by atoms with E-state index in [-0.39, 0.29) is 5.97 Å². The van der Waals surface area contributed by atoms with Crippen LogP contribution in [0, 0.1) is 0 Å². The van der Waals surface area contributed by atoms with E-state index in [1.165, 1.54) is 111 Å². The number of thiophene rings is 4. The average Bonchev–Trinajstić information content (AvgIpc) is 4.24. The summed E-state index contributed by atoms with van der Waals surface area (Å²) in [5, 5.41) is 4.72. The highest BCUT2D eigenvalue weighted by Crippen LogP contribution is 2.46. The highest BCUT2D eigenvalue weighted by Gasteiger charge is 2.18. The molecule has 0 fully saturated rings. The Kier molecular flexibility index (Phi) is 14.0. The van der Waals surface area contributed by atoms with Crippen LogP contribution >= 0.6 is 45.3 Å². The van der Waals surface area contributed by atoms with Crippen molar-refractivity contribution >= 4 is 101 Å². The molecule has 0 bridgehead atoms. The molecule has 10 heteroatoms. The van der Waals surface area contributed by atoms with E-state index in [9.17, 15) is 9.59 Å². The summed E-state index contributed by atoms with van der Waals surface area (Å²) in [4.78, 5) is 39.9. The lowest BCUT2D eigenvalue weighted by molar-refractivity contribution is -0.139. The monoisotopic (exact) mass is 982 g/mol. The van der Waals surface area contributed by atoms with Gasteiger partial charge in [-0.15, -0.1) is 45.3 Å². The van der Waals surface area contributed by atoms with Crippen molar-refractivity contribution in [2.75, 3.05) is 6.61 Å². The lowest BCUT2D eigenvalue weighted by Crippen LogP contribution is -2.19. The number of para-hydroxylation sites is 2. The quantitative estimate of drug-likeness (QED) is 0.0434. The fourth-order valence-electron chi connectivity index (χ4n) is 9.15. The molecule has 0 spiro atoms. The molecule has 0 atom stereocenters. The molecule has 0 N–H and O–H groups in total. The number of aryl methyl sites for hydroxylation is 1. The molecule has 69 heavy (non-hydrogen) atoms. The summed E-state index contributed by atoms with van der Waals surface area (Å²) in [5.41, 5.74) is 7.54. The van der Waals surface area contributed by atoms with Crippen molar-refractivity contribution in [2.24, 2.45) is 0 Å². The van der Waals surface area contributed by atoms with Crippen LogP contribution in [-0.2, 0) is 20.9 Å². The minimum absolute atomic E-state index is 0.281. The number of aromatic nitrogens is 2. The van der Waals surface area contributed by atoms with Crippen molar-refractivity contribution in [1.29, 1.82) is 0 Å². The summed E-state index contributed by atoms with van der Waals surface area (Å²) in [6, 6.07) is 48.3. The Labute approximate surface area is 419 Å². The molecule has 6 heterocycles. The number of unbranched alkanes of at least 4 members (excludes halogenated alkanes) is 8. The topological polar surface area (TPSA) is 62.5 Å². The highest BCUT2D eigenvalue weighted by atomic mass is 32.1. The third kappa shape index (κ3) is 9.95. The molecule has 6 nitrogen and oxygen atoms in total. The standard InChI is InChI=1S/C59H54N2O4S4/c1-38(2)58(62)64-35-17-11-9-7-5-6-8-10-16-34-60-46-20-14-12-18-42(46)44-36-40(22-24-47(44)60)50-26-28-52(66-50)54-30-32-56(68-54)57-33-31-55(69-57)53-29-27-51(67-53)41-23-25-49-45(37-41)43-19-13-15-21-48(43)61(49)65-59(63)39(3)4/h12-15,18-33,36-37H,1,3,5-11,16-17,34-35H2,2,4H3. The van der Waals surface area contributed by atoms with Crippen molar-refractivity contribution in [3.8, 4) is 50.1 Å². The molecule has 0 saturated carbocycles. The summed E-state index contributed by atoms with van der Waals surface area (Å²) in [6.07, 6.45) is 10.7. The van der Waals surface area contributed by atoms with E-state index < -0.39 is 5.97 Å². The Bertz CT molecular complexity index is 3510. The largest absolute Gasteiger partial charge is 0.462 e. The van der Waals surface area contributed by atoms with Crippen LogP contribution in [0.4, 0.5) is 0 Å². The lowest BCUT2D eigenvalue weighted by atomic mass is 10.1. The maximum Gasteiger partial charge on any atom is 0.358 e. The number of rotatable bonds is 20. The zero-order valence-corrected chi connectivity index (χ0v) is 42.3. The zero-order chi connectivity index (χ0) is 47.4. The Balaban J connectivity index is 0.771. The van der Waals surface area contributed by atoms with Gasteiger partial charge >= 0.3 is 11.9 Å². The fraction of sp³-hybridized carbons (Fsp3) is 0.220. The van der Waals surface area contributed by atoms with E-state index >= 15 is 0 Å². The van der Waals surface area contributed by atoms with Crippen LogP contribution in [-0.4, -0.2) is 27.8 Å². The molecule has 348 valence electrons. The van der Waals surface area contributed by atoms with Gasteiger partial charge in [0.25, 0.3) is 0 Å². The molecule has 0 amide bonds. The van der Waals surface area contributed by atoms with Gasteiger partial charge in [0.05, 0.1) is 17.6 Å². The van der Waals surface area contributed by atoms with E-state index in [4.69, 9.17) is 9.57 Å². The Morgan fingerprint density at radius 3 is 1.36 bits per heavy atom. The van der Waals surface area contributed by atoms with Crippen molar-refractivity contribution in [3.63, 3.8) is 0 Å². The SMILES string of the molecule is C=C(C)C(=O)OCCCCCCCCCCCn1c2ccccc2c2cc(-c3ccc(-c4ccc(-c5ccc(-c6ccc(-c7ccc8c(c7)c7ccccc7n8OC(=O)C(=C)C)s6)s5)s4)s3)ccc21. The second kappa shape index (κ2) is 20.7. The maximum atomic E-state index is 12.5. The number of hydrogen-bond acceptors (Lipinski definition) is 8. The summed E-state index contributed by atoms with van der Waals surface area (Å²) < 4.78 is 9.36. The molecular formula is C59H54N2O4S4. The Morgan fingerprint density at radius 2 is 0.826 bits per heavy atom. The third-order valence-corrected chi connectivity index (χ3v) is 17.8. The van der Waals surface area contributed by atoms with Crippen LogP contribution in [0.2, 0.25) is 0 Å². The molecule has 0 radical (unpaired) electrons. The number of fused-ring (bicyclic) bond motifs is 6. The number of hydrogen-bond donors (Lipinski definition) is 0. The Morgan fingerprint density at radius 1 is 0.435 bits per heavy atom. The predicted octanol–water partition coefficient (Wildman–Crippen LogP) is 17.6. The second-order valence-electron chi connectivity index (χ2n) is 17.9. The fourth-order valence-corrected chi connectivity index (χ4v) is 13.4. The predicted molar refractivity (Wildman–Crippen MR) is 295 cm³/mol. The minimum atomic E-state index is -0.448. The number of ether oxygens (including phenoxy) is 1. The molecule has 10 aromatic rings. The van der Waals surface area contributed by atoms with Gasteiger partial charge in [-0.1, -0.05) is 107 Å². The molecule has 10 rings (SSSR count). The number of carbonyl (C=O) groups excluding carboxylic acids is 2. The summed E-state index contributed by atoms with van der Waals surface area (Å²) in [5.74, 6) is -0.728. The lowest BCUT2D eigenvalue weighted by Gasteiger charge is -2.08. The van der Waals surface area contributed by atoms with Crippen LogP contribution < -0.4 is 4.84 Å². The van der Waals surface area contributed by atoms with Gasteiger partial charge in [0.15, 0.2) is 0 Å². The highest BCUT2D eigenvalue weighted by molar-refractivity contribution is 7.29. The van der Waals surface area contributed by atoms with Gasteiger partial charge in [-0.05, 0) is 123 Å². The molecule has 0 unspecified atom stereocenters. The van der Waals surface area contributed by atoms with Gasteiger partial charge in [-0.25, -0.2) is 9.59 Å². The molecule has 0 aliphatic carbocycles. The van der Waals surface area contributed by atoms with Crippen molar-refractivity contribution < 1.29 is 19.2 Å².